The van der Waals surface area contributed by atoms with Gasteiger partial charge in [0.05, 0.1) is 6.61 Å². The van der Waals surface area contributed by atoms with E-state index in [1.807, 2.05) is 23.6 Å². The highest BCUT2D eigenvalue weighted by atomic mass is 16.5. The third-order valence-corrected chi connectivity index (χ3v) is 2.73. The van der Waals surface area contributed by atoms with Gasteiger partial charge in [-0.05, 0) is 23.6 Å². The summed E-state index contributed by atoms with van der Waals surface area (Å²) in [6.07, 6.45) is 1.24. The van der Waals surface area contributed by atoms with E-state index < -0.39 is 0 Å². The fraction of sp³-hybridized carbons (Fsp3) is 0.333. The fourth-order valence-corrected chi connectivity index (χ4v) is 1.83. The molecule has 0 saturated heterocycles. The summed E-state index contributed by atoms with van der Waals surface area (Å²) >= 11 is 0. The van der Waals surface area contributed by atoms with Gasteiger partial charge in [0.1, 0.15) is 6.61 Å². The molecule has 6 heteroatoms. The summed E-state index contributed by atoms with van der Waals surface area (Å²) in [7, 11) is 0. The van der Waals surface area contributed by atoms with E-state index in [1.165, 1.54) is 0 Å². The lowest BCUT2D eigenvalue weighted by molar-refractivity contribution is -0.126. The van der Waals surface area contributed by atoms with E-state index in [0.29, 0.717) is 13.0 Å². The summed E-state index contributed by atoms with van der Waals surface area (Å²) in [6.45, 7) is 0.277. The molecule has 1 aliphatic rings. The molecule has 1 aromatic carbocycles. The number of carbonyl (C=O) groups is 2. The van der Waals surface area contributed by atoms with Crippen LogP contribution >= 0.6 is 0 Å². The van der Waals surface area contributed by atoms with Crippen molar-refractivity contribution in [1.82, 2.24) is 5.43 Å². The van der Waals surface area contributed by atoms with Crippen LogP contribution in [-0.4, -0.2) is 18.4 Å². The smallest absolute Gasteiger partial charge is 0.259 e. The predicted octanol–water partition coefficient (Wildman–Crippen LogP) is 0.0778. The number of fused-ring (bicyclic) bond motifs is 1. The van der Waals surface area contributed by atoms with Gasteiger partial charge >= 0.3 is 0 Å². The second-order valence-corrected chi connectivity index (χ2v) is 4.10. The van der Waals surface area contributed by atoms with Gasteiger partial charge in [-0.15, -0.1) is 0 Å². The zero-order chi connectivity index (χ0) is 13.0. The Morgan fingerprint density at radius 2 is 2.28 bits per heavy atom. The minimum Gasteiger partial charge on any atom is -0.367 e. The molecule has 0 radical (unpaired) electrons. The normalized spacial score (nSPS) is 13.7. The summed E-state index contributed by atoms with van der Waals surface area (Å²) in [5.41, 5.74) is 4.91. The number of amides is 2. The number of anilines is 1. The van der Waals surface area contributed by atoms with Gasteiger partial charge in [0, 0.05) is 12.1 Å². The molecule has 4 N–H and O–H groups in total. The summed E-state index contributed by atoms with van der Waals surface area (Å²) < 4.78 is 5.21. The number of nitrogens with two attached hydrogens (primary N) is 1. The second-order valence-electron chi connectivity index (χ2n) is 4.10. The number of benzene rings is 1. The molecule has 2 rings (SSSR count). The van der Waals surface area contributed by atoms with Crippen LogP contribution in [0.15, 0.2) is 18.2 Å². The van der Waals surface area contributed by atoms with Crippen LogP contribution in [0.25, 0.3) is 0 Å². The first kappa shape index (κ1) is 12.5. The molecule has 6 nitrogen and oxygen atoms in total. The molecule has 0 aliphatic carbocycles. The van der Waals surface area contributed by atoms with Crippen LogP contribution in [0.5, 0.6) is 0 Å². The first-order valence-corrected chi connectivity index (χ1v) is 5.68. The number of rotatable bonds is 4. The molecule has 96 valence electrons. The maximum absolute atomic E-state index is 11.2. The molecule has 2 amide bonds. The van der Waals surface area contributed by atoms with Crippen LogP contribution in [0.3, 0.4) is 0 Å². The Labute approximate surface area is 104 Å². The van der Waals surface area contributed by atoms with Crippen molar-refractivity contribution in [3.8, 4) is 0 Å². The standard InChI is InChI=1S/C12H15N3O3/c13-15-12(17)7-18-6-8-1-3-10-9(5-8)2-4-11(16)14-10/h1,3,5H,2,4,6-7,13H2,(H,14,16)(H,15,17). The maximum atomic E-state index is 11.2. The van der Waals surface area contributed by atoms with Crippen molar-refractivity contribution in [2.45, 2.75) is 19.4 Å². The molecular weight excluding hydrogens is 234 g/mol. The van der Waals surface area contributed by atoms with Crippen molar-refractivity contribution < 1.29 is 14.3 Å². The highest BCUT2D eigenvalue weighted by molar-refractivity contribution is 5.93. The minimum atomic E-state index is -0.361. The van der Waals surface area contributed by atoms with Gasteiger partial charge in [-0.2, -0.15) is 0 Å². The van der Waals surface area contributed by atoms with E-state index in [0.717, 1.165) is 23.2 Å². The van der Waals surface area contributed by atoms with Gasteiger partial charge in [0.25, 0.3) is 5.91 Å². The van der Waals surface area contributed by atoms with Gasteiger partial charge in [-0.3, -0.25) is 15.0 Å². The lowest BCUT2D eigenvalue weighted by Crippen LogP contribution is -2.33. The van der Waals surface area contributed by atoms with Crippen LogP contribution in [0, 0.1) is 0 Å². The largest absolute Gasteiger partial charge is 0.367 e. The fourth-order valence-electron chi connectivity index (χ4n) is 1.83. The van der Waals surface area contributed by atoms with Crippen LogP contribution in [0.2, 0.25) is 0 Å². The Morgan fingerprint density at radius 3 is 3.06 bits per heavy atom. The van der Waals surface area contributed by atoms with Crippen molar-refractivity contribution in [3.05, 3.63) is 29.3 Å². The van der Waals surface area contributed by atoms with Gasteiger partial charge < -0.3 is 10.1 Å². The van der Waals surface area contributed by atoms with E-state index in [4.69, 9.17) is 10.6 Å². The number of hydrogen-bond acceptors (Lipinski definition) is 4. The molecular formula is C12H15N3O3. The molecule has 1 heterocycles. The highest BCUT2D eigenvalue weighted by Gasteiger charge is 2.14. The first-order valence-electron chi connectivity index (χ1n) is 5.68. The van der Waals surface area contributed by atoms with Gasteiger partial charge in [0.15, 0.2) is 0 Å². The second kappa shape index (κ2) is 5.61. The molecule has 0 bridgehead atoms. The van der Waals surface area contributed by atoms with Crippen LogP contribution in [0.1, 0.15) is 17.5 Å². The quantitative estimate of drug-likeness (QED) is 0.400. The number of ether oxygens (including phenoxy) is 1. The summed E-state index contributed by atoms with van der Waals surface area (Å²) in [6, 6.07) is 5.70. The molecule has 0 atom stereocenters. The van der Waals surface area contributed by atoms with Crippen molar-refractivity contribution in [3.63, 3.8) is 0 Å². The number of hydrazine groups is 1. The molecule has 1 aliphatic heterocycles. The molecule has 0 fully saturated rings. The lowest BCUT2D eigenvalue weighted by atomic mass is 10.0. The van der Waals surface area contributed by atoms with Crippen molar-refractivity contribution in [2.24, 2.45) is 5.84 Å². The molecule has 18 heavy (non-hydrogen) atoms. The average molecular weight is 249 g/mol. The van der Waals surface area contributed by atoms with Crippen molar-refractivity contribution in [2.75, 3.05) is 11.9 Å². The number of aryl methyl sites for hydroxylation is 1. The van der Waals surface area contributed by atoms with E-state index in [-0.39, 0.29) is 18.4 Å². The van der Waals surface area contributed by atoms with Crippen LogP contribution in [-0.2, 0) is 27.4 Å². The third-order valence-electron chi connectivity index (χ3n) is 2.73. The molecule has 0 unspecified atom stereocenters. The SMILES string of the molecule is NNC(=O)COCc1ccc2c(c1)CCC(=O)N2. The first-order chi connectivity index (χ1) is 8.69. The van der Waals surface area contributed by atoms with Crippen molar-refractivity contribution in [1.29, 1.82) is 0 Å². The zero-order valence-corrected chi connectivity index (χ0v) is 9.86. The third kappa shape index (κ3) is 3.06. The summed E-state index contributed by atoms with van der Waals surface area (Å²) in [4.78, 5) is 22.1. The molecule has 0 spiro atoms. The van der Waals surface area contributed by atoms with E-state index in [1.54, 1.807) is 0 Å². The van der Waals surface area contributed by atoms with Crippen LogP contribution < -0.4 is 16.6 Å². The van der Waals surface area contributed by atoms with Gasteiger partial charge in [-0.1, -0.05) is 12.1 Å². The maximum Gasteiger partial charge on any atom is 0.259 e. The van der Waals surface area contributed by atoms with Crippen molar-refractivity contribution >= 4 is 17.5 Å². The number of hydrogen-bond donors (Lipinski definition) is 3. The Bertz CT molecular complexity index is 474. The van der Waals surface area contributed by atoms with Gasteiger partial charge in [-0.25, -0.2) is 5.84 Å². The zero-order valence-electron chi connectivity index (χ0n) is 9.86. The Balaban J connectivity index is 1.95. The number of nitrogens with one attached hydrogen (secondary N) is 2. The highest BCUT2D eigenvalue weighted by Crippen LogP contribution is 2.23. The summed E-state index contributed by atoms with van der Waals surface area (Å²) in [5, 5.41) is 2.81. The lowest BCUT2D eigenvalue weighted by Gasteiger charge is -2.17. The van der Waals surface area contributed by atoms with E-state index in [2.05, 4.69) is 5.32 Å². The summed E-state index contributed by atoms with van der Waals surface area (Å²) in [5.74, 6) is 4.62. The molecule has 0 saturated carbocycles. The van der Waals surface area contributed by atoms with Gasteiger partial charge in [0.2, 0.25) is 5.91 Å². The minimum absolute atomic E-state index is 0.0473. The molecule has 0 aromatic heterocycles. The Morgan fingerprint density at radius 1 is 1.44 bits per heavy atom. The van der Waals surface area contributed by atoms with Crippen LogP contribution in [0.4, 0.5) is 5.69 Å². The predicted molar refractivity (Wildman–Crippen MR) is 65.4 cm³/mol. The van der Waals surface area contributed by atoms with E-state index >= 15 is 0 Å². The monoisotopic (exact) mass is 249 g/mol. The molecule has 1 aromatic rings. The van der Waals surface area contributed by atoms with E-state index in [9.17, 15) is 9.59 Å². The topological polar surface area (TPSA) is 93.4 Å². The average Bonchev–Trinajstić information content (AvgIpc) is 2.38. The Kier molecular flexibility index (Phi) is 3.91. The Hall–Kier alpha value is -1.92. The number of carbonyl (C=O) groups excluding carboxylic acids is 2.